The van der Waals surface area contributed by atoms with Gasteiger partial charge in [-0.1, -0.05) is 25.1 Å². The Labute approximate surface area is 122 Å². The molecule has 1 aromatic carbocycles. The molecule has 1 saturated heterocycles. The molecule has 2 atom stereocenters. The van der Waals surface area contributed by atoms with Crippen LogP contribution in [0.5, 0.6) is 5.75 Å². The lowest BCUT2D eigenvalue weighted by atomic mass is 9.90. The lowest BCUT2D eigenvalue weighted by Gasteiger charge is -2.38. The van der Waals surface area contributed by atoms with Crippen molar-refractivity contribution in [3.05, 3.63) is 30.3 Å². The summed E-state index contributed by atoms with van der Waals surface area (Å²) in [5.41, 5.74) is 0.0659. The monoisotopic (exact) mass is 277 g/mol. The van der Waals surface area contributed by atoms with E-state index in [0.717, 1.165) is 51.2 Å². The molecule has 1 aromatic rings. The molecule has 0 bridgehead atoms. The highest BCUT2D eigenvalue weighted by atomic mass is 16.5. The zero-order valence-corrected chi connectivity index (χ0v) is 12.7. The molecular formula is C17H27NO2. The quantitative estimate of drug-likeness (QED) is 0.775. The smallest absolute Gasteiger partial charge is 0.119 e. The van der Waals surface area contributed by atoms with Gasteiger partial charge in [0.1, 0.15) is 5.75 Å². The molecule has 1 fully saturated rings. The summed E-state index contributed by atoms with van der Waals surface area (Å²) in [6.45, 7) is 7.08. The number of hydrogen-bond acceptors (Lipinski definition) is 3. The van der Waals surface area contributed by atoms with Crippen LogP contribution in [0.2, 0.25) is 0 Å². The predicted octanol–water partition coefficient (Wildman–Crippen LogP) is 3.39. The third kappa shape index (κ3) is 4.80. The Morgan fingerprint density at radius 2 is 2.15 bits per heavy atom. The van der Waals surface area contributed by atoms with E-state index in [1.807, 2.05) is 30.3 Å². The maximum atomic E-state index is 5.87. The van der Waals surface area contributed by atoms with Gasteiger partial charge in [-0.2, -0.15) is 0 Å². The Kier molecular flexibility index (Phi) is 5.86. The van der Waals surface area contributed by atoms with Gasteiger partial charge >= 0.3 is 0 Å². The molecule has 3 nitrogen and oxygen atoms in total. The molecule has 0 radical (unpaired) electrons. The molecule has 3 heteroatoms. The summed E-state index contributed by atoms with van der Waals surface area (Å²) in [5, 5.41) is 3.64. The highest BCUT2D eigenvalue weighted by Crippen LogP contribution is 2.27. The molecule has 112 valence electrons. The summed E-state index contributed by atoms with van der Waals surface area (Å²) in [6, 6.07) is 10.6. The maximum Gasteiger partial charge on any atom is 0.119 e. The van der Waals surface area contributed by atoms with Crippen molar-refractivity contribution in [1.82, 2.24) is 5.32 Å². The molecule has 0 saturated carbocycles. The van der Waals surface area contributed by atoms with Crippen molar-refractivity contribution < 1.29 is 9.47 Å². The van der Waals surface area contributed by atoms with Crippen LogP contribution < -0.4 is 10.1 Å². The number of nitrogens with one attached hydrogen (secondary N) is 1. The van der Waals surface area contributed by atoms with E-state index in [1.54, 1.807) is 0 Å². The molecule has 2 unspecified atom stereocenters. The van der Waals surface area contributed by atoms with Crippen LogP contribution in [-0.4, -0.2) is 31.4 Å². The molecule has 0 aromatic heterocycles. The third-order valence-corrected chi connectivity index (χ3v) is 4.11. The van der Waals surface area contributed by atoms with Crippen LogP contribution >= 0.6 is 0 Å². The molecule has 1 N–H and O–H groups in total. The van der Waals surface area contributed by atoms with E-state index >= 15 is 0 Å². The average molecular weight is 277 g/mol. The van der Waals surface area contributed by atoms with E-state index in [9.17, 15) is 0 Å². The fraction of sp³-hybridized carbons (Fsp3) is 0.647. The minimum absolute atomic E-state index is 0.0659. The minimum atomic E-state index is 0.0659. The van der Waals surface area contributed by atoms with Gasteiger partial charge in [0.25, 0.3) is 0 Å². The van der Waals surface area contributed by atoms with E-state index in [-0.39, 0.29) is 5.60 Å². The van der Waals surface area contributed by atoms with Gasteiger partial charge in [0.2, 0.25) is 0 Å². The van der Waals surface area contributed by atoms with Crippen molar-refractivity contribution in [2.45, 2.75) is 51.2 Å². The van der Waals surface area contributed by atoms with Crippen LogP contribution in [0.1, 0.15) is 39.5 Å². The fourth-order valence-corrected chi connectivity index (χ4v) is 2.64. The standard InChI is InChI=1S/C17H27NO2/c1-3-17(2)14-15(10-13-20-17)18-11-7-12-19-16-8-5-4-6-9-16/h4-6,8-9,15,18H,3,7,10-14H2,1-2H3. The Morgan fingerprint density at radius 3 is 2.90 bits per heavy atom. The van der Waals surface area contributed by atoms with Gasteiger partial charge in [-0.05, 0) is 51.3 Å². The van der Waals surface area contributed by atoms with Gasteiger partial charge in [-0.25, -0.2) is 0 Å². The Morgan fingerprint density at radius 1 is 1.35 bits per heavy atom. The molecule has 0 amide bonds. The number of ether oxygens (including phenoxy) is 2. The first kappa shape index (κ1) is 15.3. The Hall–Kier alpha value is -1.06. The van der Waals surface area contributed by atoms with Gasteiger partial charge < -0.3 is 14.8 Å². The number of para-hydroxylation sites is 1. The Bertz CT molecular complexity index is 382. The zero-order valence-electron chi connectivity index (χ0n) is 12.7. The van der Waals surface area contributed by atoms with E-state index in [1.165, 1.54) is 0 Å². The van der Waals surface area contributed by atoms with E-state index < -0.39 is 0 Å². The van der Waals surface area contributed by atoms with Crippen LogP contribution in [0.4, 0.5) is 0 Å². The van der Waals surface area contributed by atoms with Crippen molar-refractivity contribution in [2.24, 2.45) is 0 Å². The molecule has 1 heterocycles. The number of hydrogen-bond donors (Lipinski definition) is 1. The first-order chi connectivity index (χ1) is 9.72. The van der Waals surface area contributed by atoms with Crippen LogP contribution in [0.25, 0.3) is 0 Å². The second-order valence-electron chi connectivity index (χ2n) is 5.81. The van der Waals surface area contributed by atoms with Gasteiger partial charge in [-0.15, -0.1) is 0 Å². The Balaban J connectivity index is 1.59. The van der Waals surface area contributed by atoms with Crippen molar-refractivity contribution in [1.29, 1.82) is 0 Å². The van der Waals surface area contributed by atoms with Crippen LogP contribution in [0.15, 0.2) is 30.3 Å². The summed E-state index contributed by atoms with van der Waals surface area (Å²) < 4.78 is 11.6. The summed E-state index contributed by atoms with van der Waals surface area (Å²) in [5.74, 6) is 0.956. The van der Waals surface area contributed by atoms with Gasteiger partial charge in [0.05, 0.1) is 12.2 Å². The van der Waals surface area contributed by atoms with Gasteiger partial charge in [-0.3, -0.25) is 0 Å². The number of rotatable bonds is 7. The summed E-state index contributed by atoms with van der Waals surface area (Å²) >= 11 is 0. The van der Waals surface area contributed by atoms with Crippen molar-refractivity contribution in [2.75, 3.05) is 19.8 Å². The fourth-order valence-electron chi connectivity index (χ4n) is 2.64. The predicted molar refractivity (Wildman–Crippen MR) is 82.2 cm³/mol. The van der Waals surface area contributed by atoms with Crippen molar-refractivity contribution in [3.8, 4) is 5.75 Å². The molecule has 0 spiro atoms. The van der Waals surface area contributed by atoms with E-state index in [0.29, 0.717) is 6.04 Å². The SMILES string of the molecule is CCC1(C)CC(NCCCOc2ccccc2)CCO1. The third-order valence-electron chi connectivity index (χ3n) is 4.11. The second-order valence-corrected chi connectivity index (χ2v) is 5.81. The molecule has 1 aliphatic heterocycles. The van der Waals surface area contributed by atoms with E-state index in [4.69, 9.17) is 9.47 Å². The van der Waals surface area contributed by atoms with Crippen LogP contribution in [0.3, 0.4) is 0 Å². The van der Waals surface area contributed by atoms with Crippen molar-refractivity contribution >= 4 is 0 Å². The van der Waals surface area contributed by atoms with E-state index in [2.05, 4.69) is 19.2 Å². The van der Waals surface area contributed by atoms with Crippen molar-refractivity contribution in [3.63, 3.8) is 0 Å². The lowest BCUT2D eigenvalue weighted by Crippen LogP contribution is -2.45. The normalized spacial score (nSPS) is 26.4. The average Bonchev–Trinajstić information content (AvgIpc) is 2.48. The minimum Gasteiger partial charge on any atom is -0.494 e. The maximum absolute atomic E-state index is 5.87. The van der Waals surface area contributed by atoms with Gasteiger partial charge in [0, 0.05) is 12.6 Å². The molecule has 0 aliphatic carbocycles. The van der Waals surface area contributed by atoms with Crippen LogP contribution in [-0.2, 0) is 4.74 Å². The number of benzene rings is 1. The summed E-state index contributed by atoms with van der Waals surface area (Å²) in [6.07, 6.45) is 4.36. The summed E-state index contributed by atoms with van der Waals surface area (Å²) in [7, 11) is 0. The second kappa shape index (κ2) is 7.65. The first-order valence-electron chi connectivity index (χ1n) is 7.77. The highest BCUT2D eigenvalue weighted by molar-refractivity contribution is 5.20. The zero-order chi connectivity index (χ0) is 14.3. The topological polar surface area (TPSA) is 30.5 Å². The molecule has 1 aliphatic rings. The highest BCUT2D eigenvalue weighted by Gasteiger charge is 2.31. The van der Waals surface area contributed by atoms with Crippen LogP contribution in [0, 0.1) is 0 Å². The lowest BCUT2D eigenvalue weighted by molar-refractivity contribution is -0.0779. The summed E-state index contributed by atoms with van der Waals surface area (Å²) in [4.78, 5) is 0. The first-order valence-corrected chi connectivity index (χ1v) is 7.77. The molecule has 2 rings (SSSR count). The largest absolute Gasteiger partial charge is 0.494 e. The molecular weight excluding hydrogens is 250 g/mol. The molecule has 20 heavy (non-hydrogen) atoms. The van der Waals surface area contributed by atoms with Gasteiger partial charge in [0.15, 0.2) is 0 Å².